The molecule has 0 bridgehead atoms. The smallest absolute Gasteiger partial charge is 0.303 e. The van der Waals surface area contributed by atoms with Gasteiger partial charge in [0, 0.05) is 12.3 Å². The predicted molar refractivity (Wildman–Crippen MR) is 109 cm³/mol. The molecule has 3 unspecified atom stereocenters. The molecule has 0 spiro atoms. The topological polar surface area (TPSA) is 77.8 Å². The Morgan fingerprint density at radius 1 is 1.03 bits per heavy atom. The second-order valence-electron chi connectivity index (χ2n) is 11.4. The molecule has 4 rings (SSSR count). The lowest BCUT2D eigenvalue weighted by atomic mass is 9.43. The van der Waals surface area contributed by atoms with E-state index in [0.717, 1.165) is 38.5 Å². The number of carboxylic acids is 1. The predicted octanol–water partition coefficient (Wildman–Crippen LogP) is 4.43. The van der Waals surface area contributed by atoms with E-state index in [9.17, 15) is 15.0 Å². The third-order valence-electron chi connectivity index (χ3n) is 10.2. The van der Waals surface area contributed by atoms with Gasteiger partial charge in [0.05, 0.1) is 12.2 Å². The summed E-state index contributed by atoms with van der Waals surface area (Å²) in [7, 11) is 0. The molecule has 0 aromatic heterocycles. The molecular formula is C24H39FO4. The summed E-state index contributed by atoms with van der Waals surface area (Å²) >= 11 is 0. The minimum Gasteiger partial charge on any atom is -0.481 e. The first-order chi connectivity index (χ1) is 13.6. The van der Waals surface area contributed by atoms with E-state index in [2.05, 4.69) is 20.8 Å². The van der Waals surface area contributed by atoms with Crippen molar-refractivity contribution in [2.45, 2.75) is 96.9 Å². The monoisotopic (exact) mass is 410 g/mol. The number of halogens is 1. The molecule has 4 fully saturated rings. The van der Waals surface area contributed by atoms with Crippen molar-refractivity contribution < 1.29 is 24.5 Å². The molecule has 0 aromatic rings. The van der Waals surface area contributed by atoms with Crippen LogP contribution in [0.15, 0.2) is 0 Å². The molecule has 4 aliphatic carbocycles. The summed E-state index contributed by atoms with van der Waals surface area (Å²) in [4.78, 5) is 11.0. The number of alkyl halides is 1. The van der Waals surface area contributed by atoms with Crippen LogP contribution >= 0.6 is 0 Å². The molecule has 0 radical (unpaired) electrons. The third kappa shape index (κ3) is 3.26. The highest BCUT2D eigenvalue weighted by atomic mass is 19.1. The first-order valence-corrected chi connectivity index (χ1v) is 11.8. The van der Waals surface area contributed by atoms with Gasteiger partial charge in [0.25, 0.3) is 0 Å². The molecule has 0 heterocycles. The number of fused-ring (bicyclic) bond motifs is 5. The van der Waals surface area contributed by atoms with Gasteiger partial charge in [-0.1, -0.05) is 20.8 Å². The Morgan fingerprint density at radius 2 is 1.69 bits per heavy atom. The summed E-state index contributed by atoms with van der Waals surface area (Å²) in [6, 6.07) is 0. The van der Waals surface area contributed by atoms with Gasteiger partial charge in [-0.2, -0.15) is 0 Å². The van der Waals surface area contributed by atoms with E-state index < -0.39 is 24.3 Å². The normalized spacial score (nSPS) is 52.9. The molecule has 0 amide bonds. The fourth-order valence-electron chi connectivity index (χ4n) is 8.72. The van der Waals surface area contributed by atoms with Crippen LogP contribution in [-0.4, -0.2) is 39.7 Å². The standard InChI is InChI=1S/C24H39FO4/c1-13(4-7-19(27)28)15-5-6-16-20-17(9-11-23(15,16)2)24(3)10-8-14(26)12-18(24)21(25)22(20)29/h13-18,20-22,26,29H,4-12H2,1-3H3,(H,27,28)/t13-,14-,15-,16?,17?,18+,20?,21-,22+,23-,24-/m1/s1. The lowest BCUT2D eigenvalue weighted by Crippen LogP contribution is -2.63. The van der Waals surface area contributed by atoms with Gasteiger partial charge in [-0.15, -0.1) is 0 Å². The number of carbonyl (C=O) groups is 1. The second-order valence-corrected chi connectivity index (χ2v) is 11.4. The highest BCUT2D eigenvalue weighted by Crippen LogP contribution is 2.68. The SMILES string of the molecule is C[C@H](CCC(=O)O)[C@H]1CCC2C3C(CC[C@@]21C)[C@@]1(C)CC[C@@H](O)C[C@H]1[C@@H](F)[C@H]3O. The van der Waals surface area contributed by atoms with Gasteiger partial charge < -0.3 is 15.3 Å². The minimum atomic E-state index is -1.25. The number of aliphatic carboxylic acids is 1. The number of hydrogen-bond donors (Lipinski definition) is 3. The Balaban J connectivity index is 1.59. The zero-order valence-corrected chi connectivity index (χ0v) is 18.2. The zero-order chi connectivity index (χ0) is 21.1. The van der Waals surface area contributed by atoms with Gasteiger partial charge in [0.2, 0.25) is 0 Å². The van der Waals surface area contributed by atoms with Crippen LogP contribution in [0.4, 0.5) is 4.39 Å². The summed E-state index contributed by atoms with van der Waals surface area (Å²) < 4.78 is 15.5. The van der Waals surface area contributed by atoms with Gasteiger partial charge in [-0.05, 0) is 91.8 Å². The molecule has 4 nitrogen and oxygen atoms in total. The van der Waals surface area contributed by atoms with Crippen LogP contribution in [0.3, 0.4) is 0 Å². The first-order valence-electron chi connectivity index (χ1n) is 11.8. The highest BCUT2D eigenvalue weighted by molar-refractivity contribution is 5.66. The molecule has 4 saturated carbocycles. The van der Waals surface area contributed by atoms with Crippen molar-refractivity contribution in [2.75, 3.05) is 0 Å². The Labute approximate surface area is 174 Å². The summed E-state index contributed by atoms with van der Waals surface area (Å²) in [5, 5.41) is 30.4. The van der Waals surface area contributed by atoms with Crippen LogP contribution in [0.5, 0.6) is 0 Å². The van der Waals surface area contributed by atoms with Crippen LogP contribution in [-0.2, 0) is 4.79 Å². The van der Waals surface area contributed by atoms with Crippen molar-refractivity contribution >= 4 is 5.97 Å². The zero-order valence-electron chi connectivity index (χ0n) is 18.2. The van der Waals surface area contributed by atoms with Crippen molar-refractivity contribution in [1.82, 2.24) is 0 Å². The third-order valence-corrected chi connectivity index (χ3v) is 10.2. The van der Waals surface area contributed by atoms with Crippen LogP contribution in [0.25, 0.3) is 0 Å². The molecule has 3 N–H and O–H groups in total. The molecule has 166 valence electrons. The van der Waals surface area contributed by atoms with Crippen LogP contribution in [0.1, 0.15) is 78.6 Å². The molecule has 29 heavy (non-hydrogen) atoms. The molecular weight excluding hydrogens is 371 g/mol. The Bertz CT molecular complexity index is 640. The average molecular weight is 411 g/mol. The average Bonchev–Trinajstić information content (AvgIpc) is 3.02. The van der Waals surface area contributed by atoms with Crippen molar-refractivity contribution in [2.24, 2.45) is 46.3 Å². The van der Waals surface area contributed by atoms with Gasteiger partial charge >= 0.3 is 5.97 Å². The van der Waals surface area contributed by atoms with E-state index in [-0.39, 0.29) is 29.1 Å². The van der Waals surface area contributed by atoms with E-state index in [1.807, 2.05) is 0 Å². The molecule has 0 aromatic carbocycles. The maximum absolute atomic E-state index is 15.5. The maximum Gasteiger partial charge on any atom is 0.303 e. The summed E-state index contributed by atoms with van der Waals surface area (Å²) in [5.41, 5.74) is -0.0615. The fraction of sp³-hybridized carbons (Fsp3) is 0.958. The maximum atomic E-state index is 15.5. The number of carboxylic acid groups (broad SMARTS) is 1. The first kappa shape index (κ1) is 21.5. The number of aliphatic hydroxyl groups is 2. The Hall–Kier alpha value is -0.680. The van der Waals surface area contributed by atoms with Crippen molar-refractivity contribution in [3.8, 4) is 0 Å². The van der Waals surface area contributed by atoms with Crippen molar-refractivity contribution in [3.63, 3.8) is 0 Å². The Morgan fingerprint density at radius 3 is 2.38 bits per heavy atom. The lowest BCUT2D eigenvalue weighted by Gasteiger charge is -2.63. The lowest BCUT2D eigenvalue weighted by molar-refractivity contribution is -0.206. The molecule has 4 aliphatic rings. The highest BCUT2D eigenvalue weighted by Gasteiger charge is 2.65. The second kappa shape index (κ2) is 7.47. The minimum absolute atomic E-state index is 0.00285. The summed E-state index contributed by atoms with van der Waals surface area (Å²) in [6.07, 6.45) is 4.57. The van der Waals surface area contributed by atoms with Crippen molar-refractivity contribution in [3.05, 3.63) is 0 Å². The number of aliphatic hydroxyl groups excluding tert-OH is 2. The molecule has 11 atom stereocenters. The van der Waals surface area contributed by atoms with Gasteiger partial charge in [-0.3, -0.25) is 4.79 Å². The van der Waals surface area contributed by atoms with Crippen molar-refractivity contribution in [1.29, 1.82) is 0 Å². The van der Waals surface area contributed by atoms with E-state index >= 15 is 4.39 Å². The quantitative estimate of drug-likeness (QED) is 0.641. The largest absolute Gasteiger partial charge is 0.481 e. The number of rotatable bonds is 4. The fourth-order valence-corrected chi connectivity index (χ4v) is 8.72. The molecule has 0 aliphatic heterocycles. The van der Waals surface area contributed by atoms with E-state index in [1.165, 1.54) is 0 Å². The summed E-state index contributed by atoms with van der Waals surface area (Å²) in [5.74, 6) is 0.464. The van der Waals surface area contributed by atoms with Crippen LogP contribution in [0.2, 0.25) is 0 Å². The van der Waals surface area contributed by atoms with Gasteiger partial charge in [0.15, 0.2) is 0 Å². The van der Waals surface area contributed by atoms with E-state index in [1.54, 1.807) is 0 Å². The van der Waals surface area contributed by atoms with Gasteiger partial charge in [0.1, 0.15) is 6.17 Å². The summed E-state index contributed by atoms with van der Waals surface area (Å²) in [6.45, 7) is 6.74. The van der Waals surface area contributed by atoms with E-state index in [4.69, 9.17) is 5.11 Å². The number of hydrogen-bond acceptors (Lipinski definition) is 3. The van der Waals surface area contributed by atoms with E-state index in [0.29, 0.717) is 36.5 Å². The Kier molecular flexibility index (Phi) is 5.55. The molecule has 5 heteroatoms. The van der Waals surface area contributed by atoms with Gasteiger partial charge in [-0.25, -0.2) is 4.39 Å². The van der Waals surface area contributed by atoms with Crippen LogP contribution in [0, 0.1) is 46.3 Å². The van der Waals surface area contributed by atoms with Crippen LogP contribution < -0.4 is 0 Å². The molecule has 0 saturated heterocycles.